The van der Waals surface area contributed by atoms with Gasteiger partial charge in [-0.3, -0.25) is 4.79 Å². The third kappa shape index (κ3) is 6.17. The van der Waals surface area contributed by atoms with Gasteiger partial charge in [-0.15, -0.1) is 0 Å². The fourth-order valence-corrected chi connectivity index (χ4v) is 1.94. The first kappa shape index (κ1) is 16.7. The van der Waals surface area contributed by atoms with Gasteiger partial charge in [0.05, 0.1) is 6.61 Å². The van der Waals surface area contributed by atoms with E-state index in [4.69, 9.17) is 4.74 Å². The van der Waals surface area contributed by atoms with Crippen molar-refractivity contribution in [1.29, 1.82) is 0 Å². The summed E-state index contributed by atoms with van der Waals surface area (Å²) in [5.74, 6) is 0.0584. The molecular weight excluding hydrogens is 252 g/mol. The number of hydrogen-bond acceptors (Lipinski definition) is 3. The molecule has 20 heavy (non-hydrogen) atoms. The zero-order valence-corrected chi connectivity index (χ0v) is 12.7. The second-order valence-corrected chi connectivity index (χ2v) is 4.86. The van der Waals surface area contributed by atoms with Crippen LogP contribution in [0.15, 0.2) is 24.3 Å². The molecule has 0 heterocycles. The maximum absolute atomic E-state index is 11.5. The molecule has 1 aromatic rings. The van der Waals surface area contributed by atoms with Crippen LogP contribution in [-0.2, 0) is 16.0 Å². The smallest absolute Gasteiger partial charge is 0.221 e. The van der Waals surface area contributed by atoms with E-state index in [-0.39, 0.29) is 11.9 Å². The molecule has 0 saturated heterocycles. The van der Waals surface area contributed by atoms with Crippen LogP contribution in [0.1, 0.15) is 37.4 Å². The molecule has 112 valence electrons. The normalized spacial score (nSPS) is 12.2. The number of carbonyl (C=O) groups is 1. The largest absolute Gasteiger partial charge is 0.383 e. The fourth-order valence-electron chi connectivity index (χ4n) is 1.94. The van der Waals surface area contributed by atoms with Crippen LogP contribution in [0.4, 0.5) is 0 Å². The predicted octanol–water partition coefficient (Wildman–Crippen LogP) is 2.05. The van der Waals surface area contributed by atoms with E-state index in [2.05, 4.69) is 48.7 Å². The molecular formula is C16H26N2O2. The summed E-state index contributed by atoms with van der Waals surface area (Å²) in [5, 5.41) is 6.17. The van der Waals surface area contributed by atoms with Crippen molar-refractivity contribution in [2.45, 2.75) is 32.7 Å². The van der Waals surface area contributed by atoms with E-state index in [0.29, 0.717) is 26.1 Å². The summed E-state index contributed by atoms with van der Waals surface area (Å²) in [4.78, 5) is 11.5. The van der Waals surface area contributed by atoms with E-state index in [9.17, 15) is 4.79 Å². The quantitative estimate of drug-likeness (QED) is 0.680. The Labute approximate surface area is 121 Å². The molecule has 1 amide bonds. The number of hydrogen-bond donors (Lipinski definition) is 2. The molecule has 0 aliphatic rings. The number of rotatable bonds is 9. The van der Waals surface area contributed by atoms with Crippen LogP contribution in [0.2, 0.25) is 0 Å². The maximum atomic E-state index is 11.5. The van der Waals surface area contributed by atoms with Crippen molar-refractivity contribution in [3.63, 3.8) is 0 Å². The molecule has 1 aromatic carbocycles. The predicted molar refractivity (Wildman–Crippen MR) is 81.7 cm³/mol. The molecule has 0 aromatic heterocycles. The lowest BCUT2D eigenvalue weighted by molar-refractivity contribution is -0.121. The molecule has 0 saturated carbocycles. The summed E-state index contributed by atoms with van der Waals surface area (Å²) in [6, 6.07) is 8.87. The monoisotopic (exact) mass is 278 g/mol. The summed E-state index contributed by atoms with van der Waals surface area (Å²) >= 11 is 0. The third-order valence-electron chi connectivity index (χ3n) is 3.32. The average Bonchev–Trinajstić information content (AvgIpc) is 2.47. The van der Waals surface area contributed by atoms with Gasteiger partial charge in [-0.1, -0.05) is 31.2 Å². The zero-order chi connectivity index (χ0) is 14.8. The van der Waals surface area contributed by atoms with E-state index < -0.39 is 0 Å². The highest BCUT2D eigenvalue weighted by Crippen LogP contribution is 2.13. The molecule has 4 nitrogen and oxygen atoms in total. The zero-order valence-electron chi connectivity index (χ0n) is 12.7. The Morgan fingerprint density at radius 1 is 1.25 bits per heavy atom. The van der Waals surface area contributed by atoms with Gasteiger partial charge < -0.3 is 15.4 Å². The molecule has 1 atom stereocenters. The maximum Gasteiger partial charge on any atom is 0.221 e. The number of carbonyl (C=O) groups excluding carboxylic acids is 1. The highest BCUT2D eigenvalue weighted by atomic mass is 16.5. The van der Waals surface area contributed by atoms with Crippen LogP contribution in [-0.4, -0.2) is 32.7 Å². The molecule has 2 N–H and O–H groups in total. The first-order chi connectivity index (χ1) is 9.67. The van der Waals surface area contributed by atoms with Gasteiger partial charge in [0.1, 0.15) is 0 Å². The van der Waals surface area contributed by atoms with Crippen molar-refractivity contribution >= 4 is 5.91 Å². The Balaban J connectivity index is 2.25. The van der Waals surface area contributed by atoms with Crippen LogP contribution in [0.3, 0.4) is 0 Å². The fraction of sp³-hybridized carbons (Fsp3) is 0.562. The lowest BCUT2D eigenvalue weighted by Gasteiger charge is -2.14. The van der Waals surface area contributed by atoms with Gasteiger partial charge in [0.2, 0.25) is 5.91 Å². The minimum Gasteiger partial charge on any atom is -0.383 e. The molecule has 1 rings (SSSR count). The number of nitrogens with one attached hydrogen (secondary N) is 2. The van der Waals surface area contributed by atoms with Crippen molar-refractivity contribution in [2.24, 2.45) is 0 Å². The molecule has 0 fully saturated rings. The molecule has 0 aliphatic carbocycles. The molecule has 0 bridgehead atoms. The van der Waals surface area contributed by atoms with Crippen molar-refractivity contribution in [3.05, 3.63) is 35.4 Å². The number of methoxy groups -OCH3 is 1. The van der Waals surface area contributed by atoms with Crippen LogP contribution >= 0.6 is 0 Å². The second kappa shape index (κ2) is 9.50. The summed E-state index contributed by atoms with van der Waals surface area (Å²) in [6.45, 7) is 6.07. The molecule has 0 aliphatic heterocycles. The van der Waals surface area contributed by atoms with Crippen molar-refractivity contribution in [2.75, 3.05) is 26.8 Å². The number of benzene rings is 1. The van der Waals surface area contributed by atoms with E-state index in [0.717, 1.165) is 6.42 Å². The summed E-state index contributed by atoms with van der Waals surface area (Å²) < 4.78 is 4.88. The Morgan fingerprint density at radius 2 is 1.95 bits per heavy atom. The Morgan fingerprint density at radius 3 is 2.55 bits per heavy atom. The number of aryl methyl sites for hydroxylation is 1. The Bertz CT molecular complexity index is 390. The summed E-state index contributed by atoms with van der Waals surface area (Å²) in [6.07, 6.45) is 1.55. The van der Waals surface area contributed by atoms with Gasteiger partial charge in [0, 0.05) is 32.7 Å². The lowest BCUT2D eigenvalue weighted by atomic mass is 10.0. The van der Waals surface area contributed by atoms with Crippen LogP contribution in [0, 0.1) is 0 Å². The third-order valence-corrected chi connectivity index (χ3v) is 3.32. The molecule has 1 unspecified atom stereocenters. The van der Waals surface area contributed by atoms with Crippen LogP contribution in [0.25, 0.3) is 0 Å². The second-order valence-electron chi connectivity index (χ2n) is 4.86. The van der Waals surface area contributed by atoms with E-state index in [1.54, 1.807) is 7.11 Å². The average molecular weight is 278 g/mol. The van der Waals surface area contributed by atoms with Crippen molar-refractivity contribution in [1.82, 2.24) is 10.6 Å². The first-order valence-electron chi connectivity index (χ1n) is 7.25. The van der Waals surface area contributed by atoms with Crippen molar-refractivity contribution in [3.8, 4) is 0 Å². The highest BCUT2D eigenvalue weighted by molar-refractivity contribution is 5.76. The minimum absolute atomic E-state index is 0.0584. The van der Waals surface area contributed by atoms with Gasteiger partial charge in [-0.05, 0) is 24.5 Å². The van der Waals surface area contributed by atoms with Gasteiger partial charge in [0.15, 0.2) is 0 Å². The molecule has 0 radical (unpaired) electrons. The van der Waals surface area contributed by atoms with Gasteiger partial charge in [-0.25, -0.2) is 0 Å². The highest BCUT2D eigenvalue weighted by Gasteiger charge is 2.06. The van der Waals surface area contributed by atoms with Gasteiger partial charge in [-0.2, -0.15) is 0 Å². The summed E-state index contributed by atoms with van der Waals surface area (Å²) in [5.41, 5.74) is 2.60. The summed E-state index contributed by atoms with van der Waals surface area (Å²) in [7, 11) is 1.62. The first-order valence-corrected chi connectivity index (χ1v) is 7.25. The number of amides is 1. The van der Waals surface area contributed by atoms with Crippen LogP contribution < -0.4 is 10.6 Å². The minimum atomic E-state index is 0.0584. The molecule has 4 heteroatoms. The topological polar surface area (TPSA) is 50.4 Å². The van der Waals surface area contributed by atoms with E-state index in [1.165, 1.54) is 11.1 Å². The Kier molecular flexibility index (Phi) is 7.92. The van der Waals surface area contributed by atoms with Crippen molar-refractivity contribution < 1.29 is 9.53 Å². The SMILES string of the molecule is CCc1ccc(C(C)NCCC(=O)NCCOC)cc1. The van der Waals surface area contributed by atoms with E-state index in [1.807, 2.05) is 0 Å². The lowest BCUT2D eigenvalue weighted by Crippen LogP contribution is -2.30. The number of ether oxygens (including phenoxy) is 1. The molecule has 0 spiro atoms. The Hall–Kier alpha value is -1.39. The van der Waals surface area contributed by atoms with Crippen LogP contribution in [0.5, 0.6) is 0 Å². The van der Waals surface area contributed by atoms with E-state index >= 15 is 0 Å². The van der Waals surface area contributed by atoms with Gasteiger partial charge in [0.25, 0.3) is 0 Å². The standard InChI is InChI=1S/C16H26N2O2/c1-4-14-5-7-15(8-6-14)13(2)17-10-9-16(19)18-11-12-20-3/h5-8,13,17H,4,9-12H2,1-3H3,(H,18,19). The van der Waals surface area contributed by atoms with Gasteiger partial charge >= 0.3 is 0 Å².